The number of nitrogens with one attached hydrogen (secondary N) is 1. The summed E-state index contributed by atoms with van der Waals surface area (Å²) in [4.78, 5) is 3.85. The van der Waals surface area contributed by atoms with Crippen LogP contribution in [0.15, 0.2) is 59.9 Å². The minimum Gasteiger partial charge on any atom is -0.494 e. The molecule has 10 heteroatoms. The van der Waals surface area contributed by atoms with Gasteiger partial charge in [0.05, 0.1) is 41.0 Å². The summed E-state index contributed by atoms with van der Waals surface area (Å²) in [6.07, 6.45) is -1.16. The zero-order valence-corrected chi connectivity index (χ0v) is 15.7. The third-order valence-electron chi connectivity index (χ3n) is 3.91. The van der Waals surface area contributed by atoms with Crippen molar-refractivity contribution < 1.29 is 26.3 Å². The van der Waals surface area contributed by atoms with Gasteiger partial charge in [0.1, 0.15) is 5.75 Å². The summed E-state index contributed by atoms with van der Waals surface area (Å²) in [6.45, 7) is 1.83. The van der Waals surface area contributed by atoms with Crippen LogP contribution in [0.2, 0.25) is 0 Å². The van der Waals surface area contributed by atoms with Crippen molar-refractivity contribution in [2.24, 2.45) is 0 Å². The van der Waals surface area contributed by atoms with E-state index in [9.17, 15) is 21.6 Å². The monoisotopic (exact) mass is 411 g/mol. The quantitative estimate of drug-likeness (QED) is 0.689. The smallest absolute Gasteiger partial charge is 0.416 e. The van der Waals surface area contributed by atoms with Crippen LogP contribution in [0.25, 0.3) is 5.69 Å². The van der Waals surface area contributed by atoms with Crippen molar-refractivity contribution >= 4 is 15.7 Å². The number of benzene rings is 2. The Bertz CT molecular complexity index is 1090. The number of ether oxygens (including phenoxy) is 1. The molecule has 148 valence electrons. The fourth-order valence-electron chi connectivity index (χ4n) is 2.54. The lowest BCUT2D eigenvalue weighted by Crippen LogP contribution is -2.14. The Morgan fingerprint density at radius 2 is 1.79 bits per heavy atom. The van der Waals surface area contributed by atoms with Crippen molar-refractivity contribution in [3.8, 4) is 11.4 Å². The second-order valence-electron chi connectivity index (χ2n) is 5.94. The Hall–Kier alpha value is -3.01. The number of rotatable bonds is 5. The molecule has 0 bridgehead atoms. The predicted molar refractivity (Wildman–Crippen MR) is 97.1 cm³/mol. The lowest BCUT2D eigenvalue weighted by molar-refractivity contribution is -0.137. The van der Waals surface area contributed by atoms with Gasteiger partial charge in [-0.05, 0) is 43.3 Å². The average Bonchev–Trinajstić information content (AvgIpc) is 3.07. The average molecular weight is 411 g/mol. The lowest BCUT2D eigenvalue weighted by Gasteiger charge is -2.13. The molecule has 0 fully saturated rings. The maximum absolute atomic E-state index is 12.6. The molecule has 1 N–H and O–H groups in total. The SMILES string of the molecule is COc1cc(NS(=O)(=O)c2ccc(C(F)(F)F)cc2)ccc1-n1cnc(C)c1. The zero-order valence-electron chi connectivity index (χ0n) is 14.9. The molecule has 0 aliphatic rings. The second kappa shape index (κ2) is 7.19. The van der Waals surface area contributed by atoms with Crippen LogP contribution in [0.1, 0.15) is 11.3 Å². The number of sulfonamides is 1. The Morgan fingerprint density at radius 3 is 2.32 bits per heavy atom. The normalized spacial score (nSPS) is 12.0. The first kappa shape index (κ1) is 19.7. The molecule has 0 unspecified atom stereocenters. The first-order valence-corrected chi connectivity index (χ1v) is 9.47. The van der Waals surface area contributed by atoms with E-state index < -0.39 is 21.8 Å². The molecule has 6 nitrogen and oxygen atoms in total. The van der Waals surface area contributed by atoms with Gasteiger partial charge in [-0.25, -0.2) is 13.4 Å². The summed E-state index contributed by atoms with van der Waals surface area (Å²) in [7, 11) is -2.62. The number of methoxy groups -OCH3 is 1. The van der Waals surface area contributed by atoms with Gasteiger partial charge in [-0.15, -0.1) is 0 Å². The van der Waals surface area contributed by atoms with Crippen molar-refractivity contribution in [2.75, 3.05) is 11.8 Å². The van der Waals surface area contributed by atoms with E-state index in [0.717, 1.165) is 30.0 Å². The fraction of sp³-hybridized carbons (Fsp3) is 0.167. The summed E-state index contributed by atoms with van der Waals surface area (Å²) in [6, 6.07) is 7.90. The van der Waals surface area contributed by atoms with Gasteiger partial charge in [-0.2, -0.15) is 13.2 Å². The van der Waals surface area contributed by atoms with Crippen LogP contribution >= 0.6 is 0 Å². The van der Waals surface area contributed by atoms with Crippen molar-refractivity contribution in [3.63, 3.8) is 0 Å². The largest absolute Gasteiger partial charge is 0.494 e. The molecule has 0 saturated carbocycles. The molecule has 0 radical (unpaired) electrons. The lowest BCUT2D eigenvalue weighted by atomic mass is 10.2. The van der Waals surface area contributed by atoms with Gasteiger partial charge in [0.15, 0.2) is 0 Å². The Balaban J connectivity index is 1.88. The Kier molecular flexibility index (Phi) is 5.07. The van der Waals surface area contributed by atoms with E-state index in [1.807, 2.05) is 6.92 Å². The molecule has 3 aromatic rings. The second-order valence-corrected chi connectivity index (χ2v) is 7.62. The molecule has 0 atom stereocenters. The van der Waals surface area contributed by atoms with Crippen LogP contribution < -0.4 is 9.46 Å². The van der Waals surface area contributed by atoms with E-state index in [-0.39, 0.29) is 10.6 Å². The van der Waals surface area contributed by atoms with Crippen molar-refractivity contribution in [1.82, 2.24) is 9.55 Å². The fourth-order valence-corrected chi connectivity index (χ4v) is 3.59. The van der Waals surface area contributed by atoms with Crippen LogP contribution in [0, 0.1) is 6.92 Å². The van der Waals surface area contributed by atoms with E-state index in [1.165, 1.54) is 19.2 Å². The summed E-state index contributed by atoms with van der Waals surface area (Å²) < 4.78 is 72.2. The Morgan fingerprint density at radius 1 is 1.11 bits per heavy atom. The number of imidazole rings is 1. The van der Waals surface area contributed by atoms with E-state index in [2.05, 4.69) is 9.71 Å². The minimum atomic E-state index is -4.54. The van der Waals surface area contributed by atoms with E-state index in [1.54, 1.807) is 23.2 Å². The van der Waals surface area contributed by atoms with E-state index >= 15 is 0 Å². The molecule has 28 heavy (non-hydrogen) atoms. The highest BCUT2D eigenvalue weighted by Crippen LogP contribution is 2.31. The molecule has 2 aromatic carbocycles. The minimum absolute atomic E-state index is 0.206. The topological polar surface area (TPSA) is 73.2 Å². The number of alkyl halides is 3. The number of anilines is 1. The molecular weight excluding hydrogens is 395 g/mol. The standard InChI is InChI=1S/C18H16F3N3O3S/c1-12-10-24(11-22-12)16-8-5-14(9-17(16)27-2)23-28(25,26)15-6-3-13(4-7-15)18(19,20)21/h3-11,23H,1-2H3. The highest BCUT2D eigenvalue weighted by atomic mass is 32.2. The van der Waals surface area contributed by atoms with E-state index in [4.69, 9.17) is 4.74 Å². The molecule has 1 aromatic heterocycles. The van der Waals surface area contributed by atoms with Gasteiger partial charge >= 0.3 is 6.18 Å². The van der Waals surface area contributed by atoms with E-state index in [0.29, 0.717) is 11.4 Å². The van der Waals surface area contributed by atoms with Crippen LogP contribution in [0.5, 0.6) is 5.75 Å². The molecule has 0 saturated heterocycles. The summed E-state index contributed by atoms with van der Waals surface area (Å²) in [5.41, 5.74) is 0.736. The number of halogens is 3. The number of aryl methyl sites for hydroxylation is 1. The zero-order chi connectivity index (χ0) is 20.5. The van der Waals surface area contributed by atoms with Crippen LogP contribution in [-0.4, -0.2) is 25.1 Å². The molecule has 0 aliphatic heterocycles. The van der Waals surface area contributed by atoms with Gasteiger partial charge < -0.3 is 9.30 Å². The van der Waals surface area contributed by atoms with Crippen molar-refractivity contribution in [3.05, 3.63) is 66.2 Å². The predicted octanol–water partition coefficient (Wildman–Crippen LogP) is 4.01. The summed E-state index contributed by atoms with van der Waals surface area (Å²) in [5.74, 6) is 0.394. The highest BCUT2D eigenvalue weighted by molar-refractivity contribution is 7.92. The number of hydrogen-bond donors (Lipinski definition) is 1. The Labute approximate surface area is 159 Å². The van der Waals surface area contributed by atoms with Crippen LogP contribution in [-0.2, 0) is 16.2 Å². The first-order valence-electron chi connectivity index (χ1n) is 7.99. The maximum Gasteiger partial charge on any atom is 0.416 e. The van der Waals surface area contributed by atoms with Gasteiger partial charge in [0, 0.05) is 12.3 Å². The number of hydrogen-bond acceptors (Lipinski definition) is 4. The van der Waals surface area contributed by atoms with Gasteiger partial charge in [0.25, 0.3) is 10.0 Å². The number of nitrogens with zero attached hydrogens (tertiary/aromatic N) is 2. The van der Waals surface area contributed by atoms with Crippen LogP contribution in [0.4, 0.5) is 18.9 Å². The van der Waals surface area contributed by atoms with Crippen molar-refractivity contribution in [2.45, 2.75) is 18.0 Å². The molecular formula is C18H16F3N3O3S. The molecule has 1 heterocycles. The third-order valence-corrected chi connectivity index (χ3v) is 5.31. The van der Waals surface area contributed by atoms with Crippen LogP contribution in [0.3, 0.4) is 0 Å². The number of aromatic nitrogens is 2. The maximum atomic E-state index is 12.6. The van der Waals surface area contributed by atoms with Gasteiger partial charge in [-0.1, -0.05) is 0 Å². The highest BCUT2D eigenvalue weighted by Gasteiger charge is 2.30. The van der Waals surface area contributed by atoms with Crippen molar-refractivity contribution in [1.29, 1.82) is 0 Å². The summed E-state index contributed by atoms with van der Waals surface area (Å²) >= 11 is 0. The first-order chi connectivity index (χ1) is 13.1. The third kappa shape index (κ3) is 4.11. The molecule has 0 spiro atoms. The van der Waals surface area contributed by atoms with Gasteiger partial charge in [0.2, 0.25) is 0 Å². The molecule has 0 amide bonds. The summed E-state index contributed by atoms with van der Waals surface area (Å²) in [5, 5.41) is 0. The van der Waals surface area contributed by atoms with Gasteiger partial charge in [-0.3, -0.25) is 4.72 Å². The molecule has 3 rings (SSSR count). The molecule has 0 aliphatic carbocycles.